The summed E-state index contributed by atoms with van der Waals surface area (Å²) in [5.74, 6) is 0. The van der Waals surface area contributed by atoms with Crippen molar-refractivity contribution in [1.82, 2.24) is 0 Å². The van der Waals surface area contributed by atoms with E-state index >= 15 is 0 Å². The fourth-order valence-corrected chi connectivity index (χ4v) is 2.08. The lowest BCUT2D eigenvalue weighted by atomic mass is 10.1. The maximum absolute atomic E-state index is 9.49. The highest BCUT2D eigenvalue weighted by Crippen LogP contribution is 2.18. The Morgan fingerprint density at radius 3 is 2.21 bits per heavy atom. The maximum atomic E-state index is 9.49. The van der Waals surface area contributed by atoms with E-state index in [1.165, 1.54) is 11.3 Å². The van der Waals surface area contributed by atoms with Gasteiger partial charge in [0, 0.05) is 19.3 Å². The molecule has 2 aromatic rings. The molecule has 0 aromatic heterocycles. The molecule has 0 bridgehead atoms. The van der Waals surface area contributed by atoms with E-state index in [-0.39, 0.29) is 0 Å². The number of aliphatic hydroxyl groups is 1. The van der Waals surface area contributed by atoms with Crippen LogP contribution in [0.25, 0.3) is 0 Å². The van der Waals surface area contributed by atoms with Gasteiger partial charge < -0.3 is 10.0 Å². The number of anilines is 1. The molecule has 0 amide bonds. The molecule has 0 heterocycles. The van der Waals surface area contributed by atoms with Crippen molar-refractivity contribution in [1.29, 1.82) is 0 Å². The summed E-state index contributed by atoms with van der Waals surface area (Å²) < 4.78 is 0. The summed E-state index contributed by atoms with van der Waals surface area (Å²) in [6.07, 6.45) is 0.638. The van der Waals surface area contributed by atoms with Crippen LogP contribution >= 0.6 is 0 Å². The Labute approximate surface area is 115 Å². The summed E-state index contributed by atoms with van der Waals surface area (Å²) in [5, 5.41) is 9.49. The first-order valence-electron chi connectivity index (χ1n) is 6.70. The third-order valence-corrected chi connectivity index (χ3v) is 3.39. The molecular formula is C17H21NO. The molecule has 0 radical (unpaired) electrons. The van der Waals surface area contributed by atoms with Gasteiger partial charge in [0.15, 0.2) is 0 Å². The Hall–Kier alpha value is -1.80. The van der Waals surface area contributed by atoms with E-state index in [4.69, 9.17) is 0 Å². The summed E-state index contributed by atoms with van der Waals surface area (Å²) in [5.41, 5.74) is 3.50. The summed E-state index contributed by atoms with van der Waals surface area (Å²) >= 11 is 0. The van der Waals surface area contributed by atoms with Crippen molar-refractivity contribution in [3.05, 3.63) is 65.7 Å². The van der Waals surface area contributed by atoms with Gasteiger partial charge in [-0.05, 0) is 36.6 Å². The Morgan fingerprint density at radius 2 is 1.63 bits per heavy atom. The van der Waals surface area contributed by atoms with Crippen molar-refractivity contribution in [2.45, 2.75) is 19.4 Å². The number of likely N-dealkylation sites (N-methyl/N-ethyl adjacent to an activating group) is 1. The van der Waals surface area contributed by atoms with Gasteiger partial charge in [-0.1, -0.05) is 42.5 Å². The lowest BCUT2D eigenvalue weighted by Gasteiger charge is -2.20. The van der Waals surface area contributed by atoms with E-state index in [2.05, 4.69) is 48.3 Å². The zero-order valence-electron chi connectivity index (χ0n) is 11.6. The van der Waals surface area contributed by atoms with Crippen molar-refractivity contribution in [3.8, 4) is 0 Å². The lowest BCUT2D eigenvalue weighted by Crippen LogP contribution is -2.20. The molecule has 0 fully saturated rings. The molecule has 19 heavy (non-hydrogen) atoms. The van der Waals surface area contributed by atoms with Gasteiger partial charge in [-0.2, -0.15) is 0 Å². The van der Waals surface area contributed by atoms with Crippen LogP contribution in [-0.4, -0.2) is 18.7 Å². The summed E-state index contributed by atoms with van der Waals surface area (Å²) in [7, 11) is 2.10. The highest BCUT2D eigenvalue weighted by atomic mass is 16.3. The third-order valence-electron chi connectivity index (χ3n) is 3.39. The van der Waals surface area contributed by atoms with Gasteiger partial charge in [0.25, 0.3) is 0 Å². The Bertz CT molecular complexity index is 490. The monoisotopic (exact) mass is 255 g/mol. The quantitative estimate of drug-likeness (QED) is 0.885. The first-order valence-corrected chi connectivity index (χ1v) is 6.70. The van der Waals surface area contributed by atoms with Crippen LogP contribution in [0.5, 0.6) is 0 Å². The van der Waals surface area contributed by atoms with Gasteiger partial charge in [0.1, 0.15) is 0 Å². The van der Waals surface area contributed by atoms with Crippen LogP contribution in [0.4, 0.5) is 5.69 Å². The SMILES string of the molecule is C[C@@H](O)c1ccc(N(C)CCc2ccccc2)cc1. The molecule has 1 N–H and O–H groups in total. The van der Waals surface area contributed by atoms with Crippen LogP contribution in [0, 0.1) is 0 Å². The molecule has 0 aliphatic rings. The largest absolute Gasteiger partial charge is 0.389 e. The second-order valence-electron chi connectivity index (χ2n) is 4.92. The highest BCUT2D eigenvalue weighted by molar-refractivity contribution is 5.47. The molecule has 100 valence electrons. The number of aliphatic hydroxyl groups excluding tert-OH is 1. The van der Waals surface area contributed by atoms with Crippen LogP contribution in [0.3, 0.4) is 0 Å². The van der Waals surface area contributed by atoms with Gasteiger partial charge in [-0.25, -0.2) is 0 Å². The molecule has 0 aliphatic heterocycles. The van der Waals surface area contributed by atoms with E-state index in [0.29, 0.717) is 0 Å². The molecule has 0 saturated heterocycles. The summed E-state index contributed by atoms with van der Waals surface area (Å²) in [6.45, 7) is 2.77. The van der Waals surface area contributed by atoms with Gasteiger partial charge >= 0.3 is 0 Å². The molecule has 0 unspecified atom stereocenters. The second-order valence-corrected chi connectivity index (χ2v) is 4.92. The van der Waals surface area contributed by atoms with Crippen LogP contribution in [0.1, 0.15) is 24.2 Å². The second kappa shape index (κ2) is 6.39. The average Bonchev–Trinajstić information content (AvgIpc) is 2.46. The zero-order chi connectivity index (χ0) is 13.7. The number of benzene rings is 2. The van der Waals surface area contributed by atoms with E-state index in [1.807, 2.05) is 18.2 Å². The molecular weight excluding hydrogens is 234 g/mol. The minimum atomic E-state index is -0.399. The van der Waals surface area contributed by atoms with Crippen molar-refractivity contribution in [2.24, 2.45) is 0 Å². The van der Waals surface area contributed by atoms with E-state index < -0.39 is 6.10 Å². The van der Waals surface area contributed by atoms with Crippen LogP contribution in [-0.2, 0) is 6.42 Å². The van der Waals surface area contributed by atoms with Gasteiger partial charge in [0.05, 0.1) is 6.10 Å². The van der Waals surface area contributed by atoms with Crippen LogP contribution in [0.15, 0.2) is 54.6 Å². The van der Waals surface area contributed by atoms with Crippen LogP contribution < -0.4 is 4.90 Å². The molecule has 1 atom stereocenters. The maximum Gasteiger partial charge on any atom is 0.0761 e. The van der Waals surface area contributed by atoms with E-state index in [0.717, 1.165) is 18.5 Å². The highest BCUT2D eigenvalue weighted by Gasteiger charge is 2.04. The molecule has 0 aliphatic carbocycles. The Morgan fingerprint density at radius 1 is 1.00 bits per heavy atom. The summed E-state index contributed by atoms with van der Waals surface area (Å²) in [4.78, 5) is 2.23. The van der Waals surface area contributed by atoms with Gasteiger partial charge in [0.2, 0.25) is 0 Å². The predicted molar refractivity (Wildman–Crippen MR) is 80.5 cm³/mol. The number of hydrogen-bond donors (Lipinski definition) is 1. The molecule has 2 aromatic carbocycles. The first kappa shape index (κ1) is 13.6. The van der Waals surface area contributed by atoms with Crippen LogP contribution in [0.2, 0.25) is 0 Å². The smallest absolute Gasteiger partial charge is 0.0761 e. The topological polar surface area (TPSA) is 23.5 Å². The summed E-state index contributed by atoms with van der Waals surface area (Å²) in [6, 6.07) is 18.6. The van der Waals surface area contributed by atoms with E-state index in [9.17, 15) is 5.11 Å². The third kappa shape index (κ3) is 3.83. The Kier molecular flexibility index (Phi) is 4.58. The molecule has 2 heteroatoms. The van der Waals surface area contributed by atoms with Crippen molar-refractivity contribution in [2.75, 3.05) is 18.5 Å². The fourth-order valence-electron chi connectivity index (χ4n) is 2.08. The number of nitrogens with zero attached hydrogens (tertiary/aromatic N) is 1. The van der Waals surface area contributed by atoms with Crippen molar-refractivity contribution in [3.63, 3.8) is 0 Å². The number of rotatable bonds is 5. The minimum Gasteiger partial charge on any atom is -0.389 e. The zero-order valence-corrected chi connectivity index (χ0v) is 11.6. The standard InChI is InChI=1S/C17H21NO/c1-14(19)16-8-10-17(11-9-16)18(2)13-12-15-6-4-3-5-7-15/h3-11,14,19H,12-13H2,1-2H3/t14-/m1/s1. The predicted octanol–water partition coefficient (Wildman–Crippen LogP) is 3.42. The molecule has 2 rings (SSSR count). The van der Waals surface area contributed by atoms with Gasteiger partial charge in [-0.15, -0.1) is 0 Å². The van der Waals surface area contributed by atoms with Gasteiger partial charge in [-0.3, -0.25) is 0 Å². The number of hydrogen-bond acceptors (Lipinski definition) is 2. The lowest BCUT2D eigenvalue weighted by molar-refractivity contribution is 0.199. The fraction of sp³-hybridized carbons (Fsp3) is 0.294. The molecule has 0 spiro atoms. The molecule has 2 nitrogen and oxygen atoms in total. The Balaban J connectivity index is 1.94. The van der Waals surface area contributed by atoms with Crippen molar-refractivity contribution >= 4 is 5.69 Å². The average molecular weight is 255 g/mol. The van der Waals surface area contributed by atoms with E-state index in [1.54, 1.807) is 6.92 Å². The minimum absolute atomic E-state index is 0.399. The normalized spacial score (nSPS) is 12.2. The molecule has 0 saturated carbocycles. The van der Waals surface area contributed by atoms with Crippen molar-refractivity contribution < 1.29 is 5.11 Å². The first-order chi connectivity index (χ1) is 9.16.